The maximum absolute atomic E-state index is 5.67. The van der Waals surface area contributed by atoms with Crippen molar-refractivity contribution in [1.29, 1.82) is 0 Å². The predicted molar refractivity (Wildman–Crippen MR) is 80.7 cm³/mol. The van der Waals surface area contributed by atoms with Gasteiger partial charge in [-0.1, -0.05) is 12.1 Å². The molecule has 1 aliphatic rings. The number of nitrogen functional groups attached to an aromatic ring is 1. The molecule has 3 nitrogen and oxygen atoms in total. The zero-order valence-corrected chi connectivity index (χ0v) is 12.3. The van der Waals surface area contributed by atoms with Crippen LogP contribution in [-0.4, -0.2) is 31.2 Å². The average molecular weight is 293 g/mol. The fraction of sp³-hybridized carbons (Fsp3) is 0.538. The van der Waals surface area contributed by atoms with Gasteiger partial charge in [0.2, 0.25) is 0 Å². The van der Waals surface area contributed by atoms with Crippen molar-refractivity contribution in [2.45, 2.75) is 25.4 Å². The van der Waals surface area contributed by atoms with Crippen LogP contribution in [0.25, 0.3) is 0 Å². The summed E-state index contributed by atoms with van der Waals surface area (Å²) in [5.74, 6) is 0. The molecule has 0 aromatic heterocycles. The Labute approximate surface area is 121 Å². The largest absolute Gasteiger partial charge is 0.399 e. The van der Waals surface area contributed by atoms with Crippen molar-refractivity contribution < 1.29 is 4.74 Å². The van der Waals surface area contributed by atoms with Gasteiger partial charge in [-0.25, -0.2) is 0 Å². The zero-order valence-electron chi connectivity index (χ0n) is 10.7. The molecule has 0 radical (unpaired) electrons. The molecule has 1 saturated heterocycles. The van der Waals surface area contributed by atoms with Crippen molar-refractivity contribution in [2.24, 2.45) is 0 Å². The Hall–Kier alpha value is -0.480. The van der Waals surface area contributed by atoms with Crippen molar-refractivity contribution in [1.82, 2.24) is 4.90 Å². The van der Waals surface area contributed by atoms with Crippen molar-refractivity contribution in [3.63, 3.8) is 0 Å². The predicted octanol–water partition coefficient (Wildman–Crippen LogP) is 2.72. The minimum atomic E-state index is 0. The summed E-state index contributed by atoms with van der Waals surface area (Å²) in [5, 5.41) is 0. The molecule has 1 fully saturated rings. The number of ether oxygens (including phenoxy) is 1. The van der Waals surface area contributed by atoms with Crippen LogP contribution in [0, 0.1) is 0 Å². The van der Waals surface area contributed by atoms with Gasteiger partial charge in [0.15, 0.2) is 0 Å². The molecule has 0 aliphatic carbocycles. The summed E-state index contributed by atoms with van der Waals surface area (Å²) in [4.78, 5) is 2.41. The summed E-state index contributed by atoms with van der Waals surface area (Å²) in [5.41, 5.74) is 7.82. The first-order valence-electron chi connectivity index (χ1n) is 5.88. The van der Waals surface area contributed by atoms with E-state index in [0.29, 0.717) is 6.04 Å². The topological polar surface area (TPSA) is 38.5 Å². The Morgan fingerprint density at radius 2 is 1.72 bits per heavy atom. The Morgan fingerprint density at radius 3 is 2.28 bits per heavy atom. The van der Waals surface area contributed by atoms with E-state index in [2.05, 4.69) is 24.1 Å². The smallest absolute Gasteiger partial charge is 0.0480 e. The molecule has 1 aromatic carbocycles. The van der Waals surface area contributed by atoms with E-state index >= 15 is 0 Å². The van der Waals surface area contributed by atoms with Gasteiger partial charge in [-0.05, 0) is 37.6 Å². The molecule has 1 heterocycles. The SMILES string of the molecule is CN(Cc1ccc(N)cc1)C1CCOCC1.Cl.Cl. The van der Waals surface area contributed by atoms with E-state index in [1.54, 1.807) is 0 Å². The third-order valence-corrected chi connectivity index (χ3v) is 3.23. The highest BCUT2D eigenvalue weighted by atomic mass is 35.5. The van der Waals surface area contributed by atoms with Crippen LogP contribution in [0.5, 0.6) is 0 Å². The number of nitrogens with zero attached hydrogens (tertiary/aromatic N) is 1. The van der Waals surface area contributed by atoms with Crippen LogP contribution in [0.4, 0.5) is 5.69 Å². The van der Waals surface area contributed by atoms with Crippen LogP contribution in [0.1, 0.15) is 18.4 Å². The maximum atomic E-state index is 5.67. The fourth-order valence-electron chi connectivity index (χ4n) is 2.17. The first kappa shape index (κ1) is 17.5. The summed E-state index contributed by atoms with van der Waals surface area (Å²) in [6.45, 7) is 2.79. The van der Waals surface area contributed by atoms with Gasteiger partial charge < -0.3 is 10.5 Å². The minimum absolute atomic E-state index is 0. The van der Waals surface area contributed by atoms with Crippen LogP contribution in [-0.2, 0) is 11.3 Å². The van der Waals surface area contributed by atoms with Crippen molar-refractivity contribution in [2.75, 3.05) is 26.0 Å². The second kappa shape index (κ2) is 8.59. The molecule has 104 valence electrons. The van der Waals surface area contributed by atoms with Crippen molar-refractivity contribution in [3.8, 4) is 0 Å². The lowest BCUT2D eigenvalue weighted by atomic mass is 10.1. The molecule has 0 spiro atoms. The van der Waals surface area contributed by atoms with Gasteiger partial charge in [0.25, 0.3) is 0 Å². The summed E-state index contributed by atoms with van der Waals surface area (Å²) in [6.07, 6.45) is 2.29. The molecule has 0 unspecified atom stereocenters. The highest BCUT2D eigenvalue weighted by Crippen LogP contribution is 2.16. The standard InChI is InChI=1S/C13H20N2O.2ClH/c1-15(13-6-8-16-9-7-13)10-11-2-4-12(14)5-3-11;;/h2-5,13H,6-10,14H2,1H3;2*1H. The van der Waals surface area contributed by atoms with Gasteiger partial charge in [-0.15, -0.1) is 24.8 Å². The molecule has 2 N–H and O–H groups in total. The first-order valence-corrected chi connectivity index (χ1v) is 5.88. The normalized spacial score (nSPS) is 15.9. The number of halogens is 2. The summed E-state index contributed by atoms with van der Waals surface area (Å²) < 4.78 is 5.37. The Kier molecular flexibility index (Phi) is 8.36. The van der Waals surface area contributed by atoms with Gasteiger partial charge in [0, 0.05) is 31.5 Å². The lowest BCUT2D eigenvalue weighted by molar-refractivity contribution is 0.0407. The third kappa shape index (κ3) is 5.02. The van der Waals surface area contributed by atoms with Crippen LogP contribution < -0.4 is 5.73 Å². The van der Waals surface area contributed by atoms with Crippen LogP contribution in [0.2, 0.25) is 0 Å². The number of nitrogens with two attached hydrogens (primary N) is 1. The molecular formula is C13H22Cl2N2O. The minimum Gasteiger partial charge on any atom is -0.399 e. The van der Waals surface area contributed by atoms with Gasteiger partial charge in [-0.3, -0.25) is 4.90 Å². The molecule has 0 bridgehead atoms. The zero-order chi connectivity index (χ0) is 11.4. The van der Waals surface area contributed by atoms with E-state index < -0.39 is 0 Å². The summed E-state index contributed by atoms with van der Waals surface area (Å²) in [7, 11) is 2.19. The van der Waals surface area contributed by atoms with Crippen molar-refractivity contribution in [3.05, 3.63) is 29.8 Å². The van der Waals surface area contributed by atoms with E-state index in [9.17, 15) is 0 Å². The van der Waals surface area contributed by atoms with Gasteiger partial charge in [0.1, 0.15) is 0 Å². The van der Waals surface area contributed by atoms with Crippen LogP contribution >= 0.6 is 24.8 Å². The highest BCUT2D eigenvalue weighted by molar-refractivity contribution is 5.85. The Bertz CT molecular complexity index is 326. The van der Waals surface area contributed by atoms with E-state index in [1.807, 2.05) is 12.1 Å². The third-order valence-electron chi connectivity index (χ3n) is 3.23. The molecule has 18 heavy (non-hydrogen) atoms. The lowest BCUT2D eigenvalue weighted by Crippen LogP contribution is -2.36. The van der Waals surface area contributed by atoms with Crippen LogP contribution in [0.15, 0.2) is 24.3 Å². The molecule has 1 aliphatic heterocycles. The van der Waals surface area contributed by atoms with Crippen molar-refractivity contribution >= 4 is 30.5 Å². The second-order valence-electron chi connectivity index (χ2n) is 4.50. The maximum Gasteiger partial charge on any atom is 0.0480 e. The van der Waals surface area contributed by atoms with Crippen LogP contribution in [0.3, 0.4) is 0 Å². The van der Waals surface area contributed by atoms with E-state index in [-0.39, 0.29) is 24.8 Å². The molecule has 1 aromatic rings. The number of rotatable bonds is 3. The van der Waals surface area contributed by atoms with Gasteiger partial charge >= 0.3 is 0 Å². The quantitative estimate of drug-likeness (QED) is 0.871. The fourth-order valence-corrected chi connectivity index (χ4v) is 2.17. The molecule has 0 atom stereocenters. The Morgan fingerprint density at radius 1 is 1.17 bits per heavy atom. The second-order valence-corrected chi connectivity index (χ2v) is 4.50. The van der Waals surface area contributed by atoms with Gasteiger partial charge in [-0.2, -0.15) is 0 Å². The number of benzene rings is 1. The summed E-state index contributed by atoms with van der Waals surface area (Å²) >= 11 is 0. The highest BCUT2D eigenvalue weighted by Gasteiger charge is 2.18. The number of anilines is 1. The summed E-state index contributed by atoms with van der Waals surface area (Å²) in [6, 6.07) is 8.79. The first-order chi connectivity index (χ1) is 7.75. The lowest BCUT2D eigenvalue weighted by Gasteiger charge is -2.31. The van der Waals surface area contributed by atoms with E-state index in [1.165, 1.54) is 5.56 Å². The molecule has 5 heteroatoms. The average Bonchev–Trinajstić information content (AvgIpc) is 2.33. The monoisotopic (exact) mass is 292 g/mol. The number of hydrogen-bond donors (Lipinski definition) is 1. The molecule has 2 rings (SSSR count). The molecule has 0 amide bonds. The van der Waals surface area contributed by atoms with E-state index in [4.69, 9.17) is 10.5 Å². The Balaban J connectivity index is 0.00000144. The number of hydrogen-bond acceptors (Lipinski definition) is 3. The molecule has 0 saturated carbocycles. The van der Waals surface area contributed by atoms with E-state index in [0.717, 1.165) is 38.3 Å². The van der Waals surface area contributed by atoms with Gasteiger partial charge in [0.05, 0.1) is 0 Å². The molecular weight excluding hydrogens is 271 g/mol.